The predicted molar refractivity (Wildman–Crippen MR) is 87.1 cm³/mol. The Kier molecular flexibility index (Phi) is 5.19. The first-order chi connectivity index (χ1) is 9.72. The minimum atomic E-state index is 0.605. The van der Waals surface area contributed by atoms with Crippen LogP contribution in [0.3, 0.4) is 0 Å². The van der Waals surface area contributed by atoms with Gasteiger partial charge in [-0.2, -0.15) is 0 Å². The molecular weight excluding hydrogens is 244 g/mol. The SMILES string of the molecule is CCc1ccc(CCN(C)c2ccc(CN)cc2)cc1. The van der Waals surface area contributed by atoms with Crippen LogP contribution in [-0.4, -0.2) is 13.6 Å². The molecule has 106 valence electrons. The Morgan fingerprint density at radius 3 is 1.95 bits per heavy atom. The van der Waals surface area contributed by atoms with Gasteiger partial charge in [0.05, 0.1) is 0 Å². The van der Waals surface area contributed by atoms with Gasteiger partial charge in [-0.3, -0.25) is 0 Å². The first kappa shape index (κ1) is 14.6. The van der Waals surface area contributed by atoms with Crippen LogP contribution in [0.1, 0.15) is 23.6 Å². The molecular formula is C18H24N2. The first-order valence-electron chi connectivity index (χ1n) is 7.31. The van der Waals surface area contributed by atoms with Crippen LogP contribution in [0.25, 0.3) is 0 Å². The zero-order valence-electron chi connectivity index (χ0n) is 12.5. The number of anilines is 1. The highest BCUT2D eigenvalue weighted by molar-refractivity contribution is 5.47. The van der Waals surface area contributed by atoms with Crippen molar-refractivity contribution in [2.75, 3.05) is 18.5 Å². The number of nitrogens with zero attached hydrogens (tertiary/aromatic N) is 1. The molecule has 0 aliphatic heterocycles. The lowest BCUT2D eigenvalue weighted by Gasteiger charge is -2.19. The van der Waals surface area contributed by atoms with E-state index in [1.807, 2.05) is 0 Å². The van der Waals surface area contributed by atoms with E-state index in [2.05, 4.69) is 67.4 Å². The normalized spacial score (nSPS) is 10.6. The Hall–Kier alpha value is -1.80. The van der Waals surface area contributed by atoms with Gasteiger partial charge in [0.2, 0.25) is 0 Å². The van der Waals surface area contributed by atoms with E-state index in [1.165, 1.54) is 22.4 Å². The summed E-state index contributed by atoms with van der Waals surface area (Å²) in [4.78, 5) is 2.29. The third kappa shape index (κ3) is 3.84. The lowest BCUT2D eigenvalue weighted by Crippen LogP contribution is -2.20. The summed E-state index contributed by atoms with van der Waals surface area (Å²) < 4.78 is 0. The van der Waals surface area contributed by atoms with Crippen molar-refractivity contribution < 1.29 is 0 Å². The molecule has 0 saturated heterocycles. The van der Waals surface area contributed by atoms with E-state index in [0.717, 1.165) is 19.4 Å². The fraction of sp³-hybridized carbons (Fsp3) is 0.333. The van der Waals surface area contributed by atoms with Gasteiger partial charge in [0, 0.05) is 25.8 Å². The third-order valence-corrected chi connectivity index (χ3v) is 3.78. The van der Waals surface area contributed by atoms with E-state index in [1.54, 1.807) is 0 Å². The van der Waals surface area contributed by atoms with Crippen molar-refractivity contribution in [3.63, 3.8) is 0 Å². The van der Waals surface area contributed by atoms with Crippen molar-refractivity contribution in [3.8, 4) is 0 Å². The fourth-order valence-electron chi connectivity index (χ4n) is 2.25. The molecule has 0 aliphatic rings. The molecule has 2 rings (SSSR count). The third-order valence-electron chi connectivity index (χ3n) is 3.78. The predicted octanol–water partition coefficient (Wildman–Crippen LogP) is 3.39. The molecule has 0 saturated carbocycles. The Morgan fingerprint density at radius 1 is 0.850 bits per heavy atom. The second-order valence-corrected chi connectivity index (χ2v) is 5.21. The molecule has 2 heteroatoms. The van der Waals surface area contributed by atoms with Crippen molar-refractivity contribution in [1.29, 1.82) is 0 Å². The van der Waals surface area contributed by atoms with Crippen LogP contribution in [0, 0.1) is 0 Å². The first-order valence-corrected chi connectivity index (χ1v) is 7.31. The van der Waals surface area contributed by atoms with Gasteiger partial charge in [-0.05, 0) is 41.7 Å². The van der Waals surface area contributed by atoms with Gasteiger partial charge in [-0.1, -0.05) is 43.3 Å². The van der Waals surface area contributed by atoms with Crippen LogP contribution in [0.4, 0.5) is 5.69 Å². The smallest absolute Gasteiger partial charge is 0.0363 e. The summed E-state index contributed by atoms with van der Waals surface area (Å²) in [5.41, 5.74) is 10.8. The quantitative estimate of drug-likeness (QED) is 0.870. The van der Waals surface area contributed by atoms with Gasteiger partial charge in [-0.25, -0.2) is 0 Å². The molecule has 0 radical (unpaired) electrons. The molecule has 20 heavy (non-hydrogen) atoms. The molecule has 2 aromatic carbocycles. The number of benzene rings is 2. The van der Waals surface area contributed by atoms with Crippen molar-refractivity contribution in [2.24, 2.45) is 5.73 Å². The maximum atomic E-state index is 5.62. The van der Waals surface area contributed by atoms with Gasteiger partial charge in [0.1, 0.15) is 0 Å². The minimum Gasteiger partial charge on any atom is -0.374 e. The highest BCUT2D eigenvalue weighted by Gasteiger charge is 2.01. The van der Waals surface area contributed by atoms with Crippen molar-refractivity contribution in [3.05, 3.63) is 65.2 Å². The van der Waals surface area contributed by atoms with Crippen molar-refractivity contribution in [1.82, 2.24) is 0 Å². The molecule has 0 unspecified atom stereocenters. The molecule has 0 spiro atoms. The number of hydrogen-bond acceptors (Lipinski definition) is 2. The molecule has 0 atom stereocenters. The van der Waals surface area contributed by atoms with Crippen LogP contribution in [0.15, 0.2) is 48.5 Å². The molecule has 0 aliphatic carbocycles. The van der Waals surface area contributed by atoms with Gasteiger partial charge in [-0.15, -0.1) is 0 Å². The molecule has 0 fully saturated rings. The Bertz CT molecular complexity index is 514. The van der Waals surface area contributed by atoms with Crippen LogP contribution >= 0.6 is 0 Å². The molecule has 0 heterocycles. The van der Waals surface area contributed by atoms with Gasteiger partial charge in [0.15, 0.2) is 0 Å². The summed E-state index contributed by atoms with van der Waals surface area (Å²) in [6.45, 7) is 3.81. The molecule has 2 N–H and O–H groups in total. The average molecular weight is 268 g/mol. The van der Waals surface area contributed by atoms with E-state index in [9.17, 15) is 0 Å². The zero-order chi connectivity index (χ0) is 14.4. The minimum absolute atomic E-state index is 0.605. The number of rotatable bonds is 6. The molecule has 2 nitrogen and oxygen atoms in total. The highest BCUT2D eigenvalue weighted by Crippen LogP contribution is 2.14. The van der Waals surface area contributed by atoms with Gasteiger partial charge >= 0.3 is 0 Å². The summed E-state index contributed by atoms with van der Waals surface area (Å²) in [6, 6.07) is 17.4. The number of likely N-dealkylation sites (N-methyl/N-ethyl adjacent to an activating group) is 1. The Labute approximate surface area is 122 Å². The molecule has 2 aromatic rings. The fourth-order valence-corrected chi connectivity index (χ4v) is 2.25. The van der Waals surface area contributed by atoms with Crippen molar-refractivity contribution in [2.45, 2.75) is 26.3 Å². The maximum absolute atomic E-state index is 5.62. The zero-order valence-corrected chi connectivity index (χ0v) is 12.5. The summed E-state index contributed by atoms with van der Waals surface area (Å²) in [5, 5.41) is 0. The van der Waals surface area contributed by atoms with Crippen LogP contribution in [0.2, 0.25) is 0 Å². The molecule has 0 bridgehead atoms. The standard InChI is InChI=1S/C18H24N2/c1-3-15-4-6-16(7-5-15)12-13-20(2)18-10-8-17(14-19)9-11-18/h4-11H,3,12-14,19H2,1-2H3. The Morgan fingerprint density at radius 2 is 1.40 bits per heavy atom. The van der Waals surface area contributed by atoms with Gasteiger partial charge < -0.3 is 10.6 Å². The van der Waals surface area contributed by atoms with Crippen LogP contribution in [0.5, 0.6) is 0 Å². The summed E-state index contributed by atoms with van der Waals surface area (Å²) >= 11 is 0. The molecule has 0 aromatic heterocycles. The maximum Gasteiger partial charge on any atom is 0.0363 e. The lowest BCUT2D eigenvalue weighted by molar-refractivity contribution is 0.875. The summed E-state index contributed by atoms with van der Waals surface area (Å²) in [7, 11) is 2.14. The monoisotopic (exact) mass is 268 g/mol. The molecule has 0 amide bonds. The summed E-state index contributed by atoms with van der Waals surface area (Å²) in [5.74, 6) is 0. The number of nitrogens with two attached hydrogens (primary N) is 1. The van der Waals surface area contributed by atoms with Crippen molar-refractivity contribution >= 4 is 5.69 Å². The van der Waals surface area contributed by atoms with Gasteiger partial charge in [0.25, 0.3) is 0 Å². The lowest BCUT2D eigenvalue weighted by atomic mass is 10.1. The second-order valence-electron chi connectivity index (χ2n) is 5.21. The van der Waals surface area contributed by atoms with E-state index < -0.39 is 0 Å². The Balaban J connectivity index is 1.91. The summed E-state index contributed by atoms with van der Waals surface area (Å²) in [6.07, 6.45) is 2.17. The van der Waals surface area contributed by atoms with E-state index in [4.69, 9.17) is 5.73 Å². The van der Waals surface area contributed by atoms with Crippen LogP contribution in [-0.2, 0) is 19.4 Å². The number of aryl methyl sites for hydroxylation is 1. The highest BCUT2D eigenvalue weighted by atomic mass is 15.1. The second kappa shape index (κ2) is 7.11. The average Bonchev–Trinajstić information content (AvgIpc) is 2.53. The largest absolute Gasteiger partial charge is 0.374 e. The number of hydrogen-bond donors (Lipinski definition) is 1. The van der Waals surface area contributed by atoms with E-state index in [0.29, 0.717) is 6.54 Å². The van der Waals surface area contributed by atoms with E-state index >= 15 is 0 Å². The topological polar surface area (TPSA) is 29.3 Å². The van der Waals surface area contributed by atoms with E-state index in [-0.39, 0.29) is 0 Å². The van der Waals surface area contributed by atoms with Crippen LogP contribution < -0.4 is 10.6 Å².